The number of benzene rings is 1. The normalized spacial score (nSPS) is 12.2. The van der Waals surface area contributed by atoms with Crippen LogP contribution in [-0.2, 0) is 5.33 Å². The van der Waals surface area contributed by atoms with Crippen molar-refractivity contribution >= 4 is 37.6 Å². The van der Waals surface area contributed by atoms with Crippen LogP contribution in [0.5, 0.6) is 5.75 Å². The van der Waals surface area contributed by atoms with Crippen LogP contribution in [0.25, 0.3) is 0 Å². The van der Waals surface area contributed by atoms with Crippen molar-refractivity contribution in [1.82, 2.24) is 0 Å². The van der Waals surface area contributed by atoms with Gasteiger partial charge in [0.05, 0.1) is 11.4 Å². The number of Topliss-reactive ketones (excluding diaryl/α,β-unsaturated/α-hetero) is 1. The summed E-state index contributed by atoms with van der Waals surface area (Å²) in [7, 11) is 0. The molecular weight excluding hydrogens is 336 g/mol. The number of rotatable bonds is 5. The lowest BCUT2D eigenvalue weighted by atomic mass is 10.1. The average molecular weight is 350 g/mol. The predicted octanol–water partition coefficient (Wildman–Crippen LogP) is 3.95. The van der Waals surface area contributed by atoms with E-state index >= 15 is 0 Å². The number of carbonyl (C=O) groups is 1. The lowest BCUT2D eigenvalue weighted by Crippen LogP contribution is -2.10. The van der Waals surface area contributed by atoms with Crippen molar-refractivity contribution in [1.29, 1.82) is 0 Å². The monoisotopic (exact) mass is 348 g/mol. The van der Waals surface area contributed by atoms with Gasteiger partial charge in [-0.25, -0.2) is 0 Å². The average Bonchev–Trinajstić information content (AvgIpc) is 2.27. The zero-order valence-corrected chi connectivity index (χ0v) is 12.5. The quantitative estimate of drug-likeness (QED) is 0.594. The molecule has 0 fully saturated rings. The molecule has 0 aliphatic rings. The summed E-state index contributed by atoms with van der Waals surface area (Å²) in [5, 5.41) is 0.713. The van der Waals surface area contributed by atoms with Crippen LogP contribution in [0.3, 0.4) is 0 Å². The molecule has 4 heteroatoms. The fourth-order valence-corrected chi connectivity index (χ4v) is 1.95. The highest BCUT2D eigenvalue weighted by molar-refractivity contribution is 9.10. The number of hydrogen-bond acceptors (Lipinski definition) is 2. The molecule has 0 aliphatic heterocycles. The van der Waals surface area contributed by atoms with E-state index in [1.165, 1.54) is 0 Å². The van der Waals surface area contributed by atoms with Gasteiger partial charge in [-0.2, -0.15) is 0 Å². The zero-order valence-electron chi connectivity index (χ0n) is 9.30. The highest BCUT2D eigenvalue weighted by Crippen LogP contribution is 2.21. The van der Waals surface area contributed by atoms with E-state index in [2.05, 4.69) is 31.9 Å². The first-order valence-electron chi connectivity index (χ1n) is 5.09. The molecule has 0 saturated heterocycles. The first kappa shape index (κ1) is 13.7. The maximum atomic E-state index is 11.9. The highest BCUT2D eigenvalue weighted by atomic mass is 79.9. The van der Waals surface area contributed by atoms with Crippen LogP contribution >= 0.6 is 31.9 Å². The highest BCUT2D eigenvalue weighted by Gasteiger charge is 2.13. The molecule has 0 saturated carbocycles. The molecule has 0 spiro atoms. The fraction of sp³-hybridized carbons (Fsp3) is 0.417. The minimum Gasteiger partial charge on any atom is -0.494 e. The van der Waals surface area contributed by atoms with Gasteiger partial charge in [0.2, 0.25) is 0 Å². The van der Waals surface area contributed by atoms with Gasteiger partial charge >= 0.3 is 0 Å². The van der Waals surface area contributed by atoms with E-state index in [9.17, 15) is 4.79 Å². The summed E-state index contributed by atoms with van der Waals surface area (Å²) >= 11 is 6.67. The van der Waals surface area contributed by atoms with Crippen LogP contribution in [0.1, 0.15) is 29.8 Å². The van der Waals surface area contributed by atoms with Crippen molar-refractivity contribution in [2.75, 3.05) is 6.61 Å². The Kier molecular flexibility index (Phi) is 5.49. The van der Waals surface area contributed by atoms with E-state index < -0.39 is 0 Å². The lowest BCUT2D eigenvalue weighted by Gasteiger charge is -2.09. The van der Waals surface area contributed by atoms with Crippen LogP contribution in [0.15, 0.2) is 18.2 Å². The van der Waals surface area contributed by atoms with Gasteiger partial charge < -0.3 is 4.74 Å². The number of hydrogen-bond donors (Lipinski definition) is 0. The van der Waals surface area contributed by atoms with Crippen LogP contribution in [0, 0.1) is 0 Å². The number of ketones is 1. The number of carbonyl (C=O) groups excluding carboxylic acids is 1. The first-order valence-corrected chi connectivity index (χ1v) is 7.13. The standard InChI is InChI=1S/C12H14Br2O2/c1-3-16-11-5-9(7-13)4-10(6-11)12(15)8(2)14/h4-6,8H,3,7H2,1-2H3. The summed E-state index contributed by atoms with van der Waals surface area (Å²) < 4.78 is 5.43. The first-order chi connectivity index (χ1) is 7.58. The molecule has 1 atom stereocenters. The van der Waals surface area contributed by atoms with E-state index in [0.29, 0.717) is 17.5 Å². The Morgan fingerprint density at radius 3 is 2.62 bits per heavy atom. The Labute approximate surface area is 113 Å². The Morgan fingerprint density at radius 2 is 2.12 bits per heavy atom. The van der Waals surface area contributed by atoms with Crippen LogP contribution in [0.4, 0.5) is 0 Å². The largest absolute Gasteiger partial charge is 0.494 e. The maximum Gasteiger partial charge on any atom is 0.176 e. The van der Waals surface area contributed by atoms with E-state index in [-0.39, 0.29) is 10.6 Å². The van der Waals surface area contributed by atoms with Crippen molar-refractivity contribution < 1.29 is 9.53 Å². The fourth-order valence-electron chi connectivity index (χ4n) is 1.36. The second-order valence-electron chi connectivity index (χ2n) is 3.41. The van der Waals surface area contributed by atoms with Crippen molar-refractivity contribution in [3.63, 3.8) is 0 Å². The molecule has 1 rings (SSSR count). The minimum atomic E-state index is -0.174. The van der Waals surface area contributed by atoms with E-state index in [0.717, 1.165) is 11.3 Å². The molecule has 0 bridgehead atoms. The third-order valence-corrected chi connectivity index (χ3v) is 3.14. The molecule has 0 aliphatic carbocycles. The molecule has 1 unspecified atom stereocenters. The predicted molar refractivity (Wildman–Crippen MR) is 73.0 cm³/mol. The van der Waals surface area contributed by atoms with Gasteiger partial charge in [0.25, 0.3) is 0 Å². The lowest BCUT2D eigenvalue weighted by molar-refractivity contribution is 0.0995. The topological polar surface area (TPSA) is 26.3 Å². The van der Waals surface area contributed by atoms with E-state index in [1.54, 1.807) is 6.07 Å². The zero-order chi connectivity index (χ0) is 12.1. The molecule has 0 heterocycles. The Morgan fingerprint density at radius 1 is 1.44 bits per heavy atom. The van der Waals surface area contributed by atoms with Crippen LogP contribution in [-0.4, -0.2) is 17.2 Å². The minimum absolute atomic E-state index is 0.0729. The number of alkyl halides is 2. The molecule has 1 aromatic carbocycles. The van der Waals surface area contributed by atoms with Crippen molar-refractivity contribution in [2.45, 2.75) is 24.0 Å². The molecule has 16 heavy (non-hydrogen) atoms. The van der Waals surface area contributed by atoms with Gasteiger partial charge in [-0.15, -0.1) is 0 Å². The van der Waals surface area contributed by atoms with Gasteiger partial charge in [0.1, 0.15) is 5.75 Å². The summed E-state index contributed by atoms with van der Waals surface area (Å²) in [5.74, 6) is 0.819. The maximum absolute atomic E-state index is 11.9. The Balaban J connectivity index is 3.08. The molecule has 88 valence electrons. The summed E-state index contributed by atoms with van der Waals surface area (Å²) in [4.78, 5) is 11.7. The molecular formula is C12H14Br2O2. The summed E-state index contributed by atoms with van der Waals surface area (Å²) in [5.41, 5.74) is 1.73. The number of ether oxygens (including phenoxy) is 1. The summed E-state index contributed by atoms with van der Waals surface area (Å²) in [6.07, 6.45) is 0. The van der Waals surface area contributed by atoms with Gasteiger partial charge in [0.15, 0.2) is 5.78 Å². The van der Waals surface area contributed by atoms with Crippen LogP contribution in [0.2, 0.25) is 0 Å². The van der Waals surface area contributed by atoms with Gasteiger partial charge in [-0.1, -0.05) is 31.9 Å². The Bertz CT molecular complexity index is 375. The molecule has 0 aromatic heterocycles. The van der Waals surface area contributed by atoms with Crippen molar-refractivity contribution in [3.8, 4) is 5.75 Å². The Hall–Kier alpha value is -0.350. The van der Waals surface area contributed by atoms with E-state index in [1.807, 2.05) is 26.0 Å². The second-order valence-corrected chi connectivity index (χ2v) is 5.35. The molecule has 0 radical (unpaired) electrons. The molecule has 2 nitrogen and oxygen atoms in total. The third kappa shape index (κ3) is 3.59. The van der Waals surface area contributed by atoms with E-state index in [4.69, 9.17) is 4.74 Å². The van der Waals surface area contributed by atoms with Gasteiger partial charge in [-0.3, -0.25) is 4.79 Å². The summed E-state index contributed by atoms with van der Waals surface area (Å²) in [6.45, 7) is 4.35. The second kappa shape index (κ2) is 6.40. The molecule has 1 aromatic rings. The van der Waals surface area contributed by atoms with Gasteiger partial charge in [-0.05, 0) is 37.6 Å². The van der Waals surface area contributed by atoms with Crippen molar-refractivity contribution in [3.05, 3.63) is 29.3 Å². The van der Waals surface area contributed by atoms with Crippen LogP contribution < -0.4 is 4.74 Å². The number of halogens is 2. The third-order valence-electron chi connectivity index (χ3n) is 2.08. The summed E-state index contributed by atoms with van der Waals surface area (Å²) in [6, 6.07) is 5.61. The van der Waals surface area contributed by atoms with Crippen molar-refractivity contribution in [2.24, 2.45) is 0 Å². The van der Waals surface area contributed by atoms with Gasteiger partial charge in [0, 0.05) is 10.9 Å². The molecule has 0 N–H and O–H groups in total. The molecule has 0 amide bonds. The SMILES string of the molecule is CCOc1cc(CBr)cc(C(=O)C(C)Br)c1. The smallest absolute Gasteiger partial charge is 0.176 e.